The van der Waals surface area contributed by atoms with Gasteiger partial charge >= 0.3 is 0 Å². The molecule has 0 fully saturated rings. The molecule has 0 aliphatic rings. The number of hydrogen-bond donors (Lipinski definition) is 0. The second-order valence-corrected chi connectivity index (χ2v) is 3.91. The summed E-state index contributed by atoms with van der Waals surface area (Å²) in [4.78, 5) is 16.1. The van der Waals surface area contributed by atoms with Gasteiger partial charge in [0.2, 0.25) is 0 Å². The van der Waals surface area contributed by atoms with Crippen molar-refractivity contribution >= 4 is 11.9 Å². The van der Waals surface area contributed by atoms with Gasteiger partial charge in [0.15, 0.2) is 5.78 Å². The van der Waals surface area contributed by atoms with Gasteiger partial charge in [-0.05, 0) is 55.5 Å². The molecule has 0 bridgehead atoms. The van der Waals surface area contributed by atoms with Crippen molar-refractivity contribution < 1.29 is 9.53 Å². The highest BCUT2D eigenvalue weighted by atomic mass is 16.5. The molecular weight excluding hydrogens is 238 g/mol. The van der Waals surface area contributed by atoms with Gasteiger partial charge in [0.1, 0.15) is 5.75 Å². The van der Waals surface area contributed by atoms with Gasteiger partial charge in [0.25, 0.3) is 0 Å². The number of ketones is 1. The molecule has 2 aromatic rings. The highest BCUT2D eigenvalue weighted by molar-refractivity contribution is 6.06. The molecule has 19 heavy (non-hydrogen) atoms. The van der Waals surface area contributed by atoms with Crippen molar-refractivity contribution in [1.82, 2.24) is 4.98 Å². The van der Waals surface area contributed by atoms with Crippen LogP contribution in [0.15, 0.2) is 54.7 Å². The summed E-state index contributed by atoms with van der Waals surface area (Å²) in [5.41, 5.74) is 1.40. The van der Waals surface area contributed by atoms with E-state index in [1.54, 1.807) is 36.5 Å². The van der Waals surface area contributed by atoms with Crippen molar-refractivity contribution in [3.8, 4) is 5.75 Å². The summed E-state index contributed by atoms with van der Waals surface area (Å²) in [5.74, 6) is 0.724. The first-order chi connectivity index (χ1) is 9.29. The molecule has 0 spiro atoms. The van der Waals surface area contributed by atoms with Crippen LogP contribution in [0.2, 0.25) is 0 Å². The van der Waals surface area contributed by atoms with E-state index >= 15 is 0 Å². The molecular formula is C16H15NO2. The van der Waals surface area contributed by atoms with E-state index in [1.165, 1.54) is 6.08 Å². The smallest absolute Gasteiger partial charge is 0.185 e. The zero-order chi connectivity index (χ0) is 13.5. The predicted octanol–water partition coefficient (Wildman–Crippen LogP) is 3.38. The van der Waals surface area contributed by atoms with E-state index in [2.05, 4.69) is 4.98 Å². The SMILES string of the molecule is CCOc1ccc(C(=O)/C=C/c2ccccn2)cc1. The van der Waals surface area contributed by atoms with Crippen molar-refractivity contribution in [1.29, 1.82) is 0 Å². The Labute approximate surface area is 112 Å². The highest BCUT2D eigenvalue weighted by Gasteiger charge is 2.01. The number of allylic oxidation sites excluding steroid dienone is 1. The predicted molar refractivity (Wildman–Crippen MR) is 75.2 cm³/mol. The van der Waals surface area contributed by atoms with E-state index in [0.29, 0.717) is 12.2 Å². The van der Waals surface area contributed by atoms with Gasteiger partial charge < -0.3 is 4.74 Å². The van der Waals surface area contributed by atoms with Crippen LogP contribution < -0.4 is 4.74 Å². The number of aromatic nitrogens is 1. The molecule has 0 saturated carbocycles. The molecule has 3 nitrogen and oxygen atoms in total. The minimum atomic E-state index is -0.0475. The molecule has 1 aromatic heterocycles. The standard InChI is InChI=1S/C16H15NO2/c1-2-19-15-9-6-13(7-10-15)16(18)11-8-14-5-3-4-12-17-14/h3-12H,2H2,1H3/b11-8+. The van der Waals surface area contributed by atoms with Crippen LogP contribution in [0, 0.1) is 0 Å². The zero-order valence-electron chi connectivity index (χ0n) is 10.7. The van der Waals surface area contributed by atoms with Gasteiger partial charge in [0, 0.05) is 11.8 Å². The summed E-state index contributed by atoms with van der Waals surface area (Å²) in [6.07, 6.45) is 4.93. The maximum atomic E-state index is 11.9. The Morgan fingerprint density at radius 3 is 2.63 bits per heavy atom. The Kier molecular flexibility index (Phi) is 4.45. The summed E-state index contributed by atoms with van der Waals surface area (Å²) in [7, 11) is 0. The van der Waals surface area contributed by atoms with Gasteiger partial charge in [-0.25, -0.2) is 0 Å². The molecule has 3 heteroatoms. The van der Waals surface area contributed by atoms with Crippen molar-refractivity contribution in [2.24, 2.45) is 0 Å². The Balaban J connectivity index is 2.05. The second-order valence-electron chi connectivity index (χ2n) is 3.91. The van der Waals surface area contributed by atoms with Crippen LogP contribution in [0.5, 0.6) is 5.75 Å². The van der Waals surface area contributed by atoms with Crippen LogP contribution in [0.3, 0.4) is 0 Å². The Bertz CT molecular complexity index is 559. The number of benzene rings is 1. The fourth-order valence-corrected chi connectivity index (χ4v) is 1.61. The van der Waals surface area contributed by atoms with Gasteiger partial charge in [0.05, 0.1) is 12.3 Å². The molecule has 0 N–H and O–H groups in total. The Morgan fingerprint density at radius 2 is 2.00 bits per heavy atom. The first-order valence-electron chi connectivity index (χ1n) is 6.16. The molecule has 0 atom stereocenters. The lowest BCUT2D eigenvalue weighted by atomic mass is 10.1. The van der Waals surface area contributed by atoms with E-state index in [1.807, 2.05) is 25.1 Å². The summed E-state index contributed by atoms with van der Waals surface area (Å²) in [6.45, 7) is 2.54. The molecule has 2 rings (SSSR count). The lowest BCUT2D eigenvalue weighted by Crippen LogP contribution is -1.96. The minimum Gasteiger partial charge on any atom is -0.494 e. The minimum absolute atomic E-state index is 0.0475. The van der Waals surface area contributed by atoms with Crippen LogP contribution in [0.4, 0.5) is 0 Å². The fraction of sp³-hybridized carbons (Fsp3) is 0.125. The molecule has 1 heterocycles. The van der Waals surface area contributed by atoms with Crippen LogP contribution in [-0.2, 0) is 0 Å². The average molecular weight is 253 g/mol. The number of rotatable bonds is 5. The average Bonchev–Trinajstić information content (AvgIpc) is 2.47. The van der Waals surface area contributed by atoms with Gasteiger partial charge in [-0.1, -0.05) is 6.07 Å². The van der Waals surface area contributed by atoms with Crippen molar-refractivity contribution in [3.05, 3.63) is 66.0 Å². The zero-order valence-corrected chi connectivity index (χ0v) is 10.7. The largest absolute Gasteiger partial charge is 0.494 e. The molecule has 1 aromatic carbocycles. The third-order valence-electron chi connectivity index (χ3n) is 2.54. The maximum absolute atomic E-state index is 11.9. The number of carbonyl (C=O) groups is 1. The first kappa shape index (κ1) is 13.0. The van der Waals surface area contributed by atoms with E-state index in [0.717, 1.165) is 11.4 Å². The summed E-state index contributed by atoms with van der Waals surface area (Å²) in [6, 6.07) is 12.7. The fourth-order valence-electron chi connectivity index (χ4n) is 1.61. The van der Waals surface area contributed by atoms with Gasteiger partial charge in [-0.2, -0.15) is 0 Å². The second kappa shape index (κ2) is 6.50. The number of hydrogen-bond acceptors (Lipinski definition) is 3. The van der Waals surface area contributed by atoms with Crippen LogP contribution in [-0.4, -0.2) is 17.4 Å². The highest BCUT2D eigenvalue weighted by Crippen LogP contribution is 2.13. The molecule has 0 radical (unpaired) electrons. The third-order valence-corrected chi connectivity index (χ3v) is 2.54. The van der Waals surface area contributed by atoms with Crippen LogP contribution in [0.1, 0.15) is 23.0 Å². The molecule has 96 valence electrons. The number of pyridine rings is 1. The number of ether oxygens (including phenoxy) is 1. The number of nitrogens with zero attached hydrogens (tertiary/aromatic N) is 1. The van der Waals surface area contributed by atoms with Gasteiger partial charge in [-0.3, -0.25) is 9.78 Å². The summed E-state index contributed by atoms with van der Waals surface area (Å²) < 4.78 is 5.33. The monoisotopic (exact) mass is 253 g/mol. The molecule has 0 saturated heterocycles. The molecule has 0 aliphatic carbocycles. The van der Waals surface area contributed by atoms with Gasteiger partial charge in [-0.15, -0.1) is 0 Å². The van der Waals surface area contributed by atoms with Crippen molar-refractivity contribution in [2.75, 3.05) is 6.61 Å². The molecule has 0 amide bonds. The van der Waals surface area contributed by atoms with Crippen LogP contribution >= 0.6 is 0 Å². The lowest BCUT2D eigenvalue weighted by molar-refractivity contribution is 0.104. The quantitative estimate of drug-likeness (QED) is 0.605. The molecule has 0 unspecified atom stereocenters. The van der Waals surface area contributed by atoms with Crippen molar-refractivity contribution in [3.63, 3.8) is 0 Å². The Hall–Kier alpha value is -2.42. The topological polar surface area (TPSA) is 39.2 Å². The van der Waals surface area contributed by atoms with E-state index in [-0.39, 0.29) is 5.78 Å². The lowest BCUT2D eigenvalue weighted by Gasteiger charge is -2.02. The normalized spacial score (nSPS) is 10.6. The summed E-state index contributed by atoms with van der Waals surface area (Å²) in [5, 5.41) is 0. The Morgan fingerprint density at radius 1 is 1.21 bits per heavy atom. The third kappa shape index (κ3) is 3.78. The van der Waals surface area contributed by atoms with E-state index in [4.69, 9.17) is 4.74 Å². The first-order valence-corrected chi connectivity index (χ1v) is 6.16. The molecule has 0 aliphatic heterocycles. The van der Waals surface area contributed by atoms with Crippen molar-refractivity contribution in [2.45, 2.75) is 6.92 Å². The van der Waals surface area contributed by atoms with Crippen LogP contribution in [0.25, 0.3) is 6.08 Å². The maximum Gasteiger partial charge on any atom is 0.185 e. The number of carbonyl (C=O) groups excluding carboxylic acids is 1. The summed E-state index contributed by atoms with van der Waals surface area (Å²) >= 11 is 0. The van der Waals surface area contributed by atoms with E-state index in [9.17, 15) is 4.79 Å². The van der Waals surface area contributed by atoms with E-state index < -0.39 is 0 Å².